The van der Waals surface area contributed by atoms with Crippen LogP contribution in [0.3, 0.4) is 0 Å². The maximum atomic E-state index is 12.0. The van der Waals surface area contributed by atoms with E-state index < -0.39 is 12.2 Å². The molecule has 0 saturated heterocycles. The summed E-state index contributed by atoms with van der Waals surface area (Å²) >= 11 is 0. The molecule has 0 aliphatic rings. The van der Waals surface area contributed by atoms with Gasteiger partial charge in [-0.05, 0) is 12.1 Å². The fraction of sp³-hybridized carbons (Fsp3) is 0.0909. The smallest absolute Gasteiger partial charge is 0.269 e. The van der Waals surface area contributed by atoms with Gasteiger partial charge in [-0.2, -0.15) is 13.2 Å². The molecular weight excluding hydrogens is 233 g/mol. The summed E-state index contributed by atoms with van der Waals surface area (Å²) in [6.45, 7) is 0. The topological polar surface area (TPSA) is 42.0 Å². The number of aromatic nitrogens is 1. The third-order valence-electron chi connectivity index (χ3n) is 2.15. The van der Waals surface area contributed by atoms with Crippen molar-refractivity contribution in [2.45, 2.75) is 6.30 Å². The van der Waals surface area contributed by atoms with Crippen molar-refractivity contribution in [3.8, 4) is 0 Å². The van der Waals surface area contributed by atoms with Crippen molar-refractivity contribution in [3.63, 3.8) is 0 Å². The van der Waals surface area contributed by atoms with Crippen molar-refractivity contribution < 1.29 is 18.0 Å². The molecule has 1 amide bonds. The van der Waals surface area contributed by atoms with E-state index in [0.29, 0.717) is 10.9 Å². The summed E-state index contributed by atoms with van der Waals surface area (Å²) in [6.07, 6.45) is -3.44. The molecular formula is C11H7F3N2O. The summed E-state index contributed by atoms with van der Waals surface area (Å²) in [6, 6.07) is 7.76. The number of nitrogens with zero attached hydrogens (tertiary/aromatic N) is 1. The zero-order valence-electron chi connectivity index (χ0n) is 8.45. The Morgan fingerprint density at radius 3 is 2.59 bits per heavy atom. The van der Waals surface area contributed by atoms with Gasteiger partial charge in [-0.1, -0.05) is 18.2 Å². The number of rotatable bonds is 1. The Balaban J connectivity index is 2.45. The van der Waals surface area contributed by atoms with Gasteiger partial charge in [0.2, 0.25) is 0 Å². The molecule has 0 spiro atoms. The Labute approximate surface area is 94.3 Å². The molecule has 1 aromatic heterocycles. The first-order chi connectivity index (χ1) is 7.97. The molecule has 0 bridgehead atoms. The molecule has 0 aliphatic heterocycles. The van der Waals surface area contributed by atoms with Gasteiger partial charge in [0.15, 0.2) is 0 Å². The summed E-state index contributed by atoms with van der Waals surface area (Å²) in [7, 11) is 0. The number of benzene rings is 1. The second-order valence-corrected chi connectivity index (χ2v) is 3.33. The van der Waals surface area contributed by atoms with E-state index in [0.717, 1.165) is 5.32 Å². The normalized spacial score (nSPS) is 11.5. The van der Waals surface area contributed by atoms with Gasteiger partial charge in [0, 0.05) is 11.6 Å². The lowest BCUT2D eigenvalue weighted by Crippen LogP contribution is -2.37. The third kappa shape index (κ3) is 2.52. The summed E-state index contributed by atoms with van der Waals surface area (Å²) in [5.41, 5.74) is 0.426. The van der Waals surface area contributed by atoms with Gasteiger partial charge in [-0.25, -0.2) is 0 Å². The van der Waals surface area contributed by atoms with Crippen LogP contribution in [0.5, 0.6) is 0 Å². The van der Waals surface area contributed by atoms with Gasteiger partial charge in [-0.3, -0.25) is 15.1 Å². The SMILES string of the molecule is O=C(NC(F)(F)F)c1ccnc2ccccc12. The van der Waals surface area contributed by atoms with E-state index in [1.807, 2.05) is 0 Å². The number of carbonyl (C=O) groups excluding carboxylic acids is 1. The number of hydrogen-bond donors (Lipinski definition) is 1. The van der Waals surface area contributed by atoms with Crippen LogP contribution in [0.15, 0.2) is 36.5 Å². The van der Waals surface area contributed by atoms with E-state index in [-0.39, 0.29) is 5.56 Å². The van der Waals surface area contributed by atoms with Crippen LogP contribution < -0.4 is 5.32 Å². The van der Waals surface area contributed by atoms with Crippen LogP contribution in [-0.2, 0) is 0 Å². The van der Waals surface area contributed by atoms with Crippen LogP contribution in [0, 0.1) is 0 Å². The van der Waals surface area contributed by atoms with Gasteiger partial charge in [0.05, 0.1) is 11.1 Å². The van der Waals surface area contributed by atoms with Gasteiger partial charge >= 0.3 is 6.30 Å². The number of fused-ring (bicyclic) bond motifs is 1. The average molecular weight is 240 g/mol. The van der Waals surface area contributed by atoms with Crippen LogP contribution in [0.4, 0.5) is 13.2 Å². The van der Waals surface area contributed by atoms with Gasteiger partial charge in [-0.15, -0.1) is 0 Å². The lowest BCUT2D eigenvalue weighted by atomic mass is 10.1. The minimum Gasteiger partial charge on any atom is -0.269 e. The number of hydrogen-bond acceptors (Lipinski definition) is 2. The van der Waals surface area contributed by atoms with E-state index in [2.05, 4.69) is 4.98 Å². The van der Waals surface area contributed by atoms with Gasteiger partial charge in [0.25, 0.3) is 5.91 Å². The molecule has 2 aromatic rings. The Hall–Kier alpha value is -2.11. The molecule has 6 heteroatoms. The number of pyridine rings is 1. The molecule has 0 atom stereocenters. The number of nitrogens with one attached hydrogen (secondary N) is 1. The molecule has 0 radical (unpaired) electrons. The molecule has 17 heavy (non-hydrogen) atoms. The summed E-state index contributed by atoms with van der Waals surface area (Å²) < 4.78 is 36.1. The largest absolute Gasteiger partial charge is 0.484 e. The Kier molecular flexibility index (Phi) is 2.71. The fourth-order valence-corrected chi connectivity index (χ4v) is 1.49. The van der Waals surface area contributed by atoms with Crippen molar-refractivity contribution in [2.24, 2.45) is 0 Å². The third-order valence-corrected chi connectivity index (χ3v) is 2.15. The van der Waals surface area contributed by atoms with Crippen LogP contribution in [-0.4, -0.2) is 17.2 Å². The molecule has 2 rings (SSSR count). The van der Waals surface area contributed by atoms with Crippen molar-refractivity contribution in [1.82, 2.24) is 10.3 Å². The van der Waals surface area contributed by atoms with E-state index in [4.69, 9.17) is 0 Å². The zero-order chi connectivity index (χ0) is 12.5. The van der Waals surface area contributed by atoms with Crippen LogP contribution in [0.1, 0.15) is 10.4 Å². The summed E-state index contributed by atoms with van der Waals surface area (Å²) in [5, 5.41) is 1.35. The van der Waals surface area contributed by atoms with E-state index in [1.165, 1.54) is 12.3 Å². The average Bonchev–Trinajstić information content (AvgIpc) is 2.26. The number of alkyl halides is 3. The molecule has 1 N–H and O–H groups in total. The van der Waals surface area contributed by atoms with Crippen LogP contribution in [0.25, 0.3) is 10.9 Å². The Morgan fingerprint density at radius 1 is 1.18 bits per heavy atom. The fourth-order valence-electron chi connectivity index (χ4n) is 1.49. The van der Waals surface area contributed by atoms with Crippen molar-refractivity contribution in [2.75, 3.05) is 0 Å². The zero-order valence-corrected chi connectivity index (χ0v) is 8.45. The second kappa shape index (κ2) is 4.04. The Bertz CT molecular complexity index is 561. The van der Waals surface area contributed by atoms with E-state index in [9.17, 15) is 18.0 Å². The van der Waals surface area contributed by atoms with E-state index in [1.54, 1.807) is 24.3 Å². The highest BCUT2D eigenvalue weighted by atomic mass is 19.4. The Morgan fingerprint density at radius 2 is 1.88 bits per heavy atom. The van der Waals surface area contributed by atoms with Gasteiger partial charge in [0.1, 0.15) is 0 Å². The molecule has 0 unspecified atom stereocenters. The highest BCUT2D eigenvalue weighted by Gasteiger charge is 2.30. The quantitative estimate of drug-likeness (QED) is 0.778. The molecule has 1 aromatic carbocycles. The molecule has 88 valence electrons. The standard InChI is InChI=1S/C11H7F3N2O/c12-11(13,14)16-10(17)8-5-6-15-9-4-2-1-3-7(8)9/h1-6H,(H,16,17). The van der Waals surface area contributed by atoms with Crippen LogP contribution in [0.2, 0.25) is 0 Å². The van der Waals surface area contributed by atoms with Crippen molar-refractivity contribution in [1.29, 1.82) is 0 Å². The first-order valence-electron chi connectivity index (χ1n) is 4.70. The highest BCUT2D eigenvalue weighted by Crippen LogP contribution is 2.18. The predicted octanol–water partition coefficient (Wildman–Crippen LogP) is 2.48. The summed E-state index contributed by atoms with van der Waals surface area (Å²) in [5.74, 6) is -1.18. The lowest BCUT2D eigenvalue weighted by Gasteiger charge is -2.09. The molecule has 0 aliphatic carbocycles. The second-order valence-electron chi connectivity index (χ2n) is 3.33. The van der Waals surface area contributed by atoms with Crippen molar-refractivity contribution in [3.05, 3.63) is 42.1 Å². The minimum absolute atomic E-state index is 0.0482. The maximum absolute atomic E-state index is 12.0. The number of amides is 1. The first kappa shape index (κ1) is 11.4. The number of para-hydroxylation sites is 1. The number of carbonyl (C=O) groups is 1. The van der Waals surface area contributed by atoms with Gasteiger partial charge < -0.3 is 0 Å². The minimum atomic E-state index is -4.73. The van der Waals surface area contributed by atoms with E-state index >= 15 is 0 Å². The highest BCUT2D eigenvalue weighted by molar-refractivity contribution is 6.06. The monoisotopic (exact) mass is 240 g/mol. The molecule has 0 fully saturated rings. The molecule has 1 heterocycles. The molecule has 0 saturated carbocycles. The number of halogens is 3. The van der Waals surface area contributed by atoms with Crippen molar-refractivity contribution >= 4 is 16.8 Å². The predicted molar refractivity (Wildman–Crippen MR) is 55.3 cm³/mol. The lowest BCUT2D eigenvalue weighted by molar-refractivity contribution is -0.146. The van der Waals surface area contributed by atoms with Crippen LogP contribution >= 0.6 is 0 Å². The maximum Gasteiger partial charge on any atom is 0.484 e. The summed E-state index contributed by atoms with van der Waals surface area (Å²) in [4.78, 5) is 15.4. The first-order valence-corrected chi connectivity index (χ1v) is 4.70. The molecule has 3 nitrogen and oxygen atoms in total.